The molecular weight excluding hydrogens is 140 g/mol. The molecule has 1 aromatic heterocycles. The molecule has 0 radical (unpaired) electrons. The minimum atomic E-state index is 0.957. The Morgan fingerprint density at radius 2 is 2.45 bits per heavy atom. The van der Waals surface area contributed by atoms with Gasteiger partial charge in [-0.1, -0.05) is 0 Å². The number of hydrogen-bond donors (Lipinski definition) is 1. The summed E-state index contributed by atoms with van der Waals surface area (Å²) in [5.41, 5.74) is 0. The largest absolute Gasteiger partial charge is 0.318 e. The Balaban J connectivity index is 2.36. The lowest BCUT2D eigenvalue weighted by Crippen LogP contribution is -2.36. The first-order valence-corrected chi connectivity index (χ1v) is 3.70. The van der Waals surface area contributed by atoms with Crippen molar-refractivity contribution in [3.05, 3.63) is 18.5 Å². The SMILES string of the molecule is CNCCN(C)n1cccn1. The second kappa shape index (κ2) is 3.98. The average Bonchev–Trinajstić information content (AvgIpc) is 2.52. The Kier molecular flexibility index (Phi) is 2.92. The van der Waals surface area contributed by atoms with Crippen molar-refractivity contribution in [1.82, 2.24) is 15.2 Å². The standard InChI is InChI=1S/C7H14N4/c1-8-5-7-10(2)11-6-3-4-9-11/h3-4,6,8H,5,7H2,1-2H3. The molecular formula is C7H14N4. The molecule has 1 rings (SSSR count). The summed E-state index contributed by atoms with van der Waals surface area (Å²) < 4.78 is 0. The smallest absolute Gasteiger partial charge is 0.0510 e. The highest BCUT2D eigenvalue weighted by Gasteiger charge is 1.95. The second-order valence-electron chi connectivity index (χ2n) is 2.41. The monoisotopic (exact) mass is 154 g/mol. The number of nitrogens with one attached hydrogen (secondary N) is 1. The van der Waals surface area contributed by atoms with Gasteiger partial charge in [0, 0.05) is 26.3 Å². The van der Waals surface area contributed by atoms with Crippen LogP contribution in [0.3, 0.4) is 0 Å². The van der Waals surface area contributed by atoms with E-state index in [0.29, 0.717) is 0 Å². The van der Waals surface area contributed by atoms with Crippen LogP contribution in [-0.4, -0.2) is 37.1 Å². The van der Waals surface area contributed by atoms with Crippen LogP contribution < -0.4 is 10.3 Å². The first kappa shape index (κ1) is 8.07. The summed E-state index contributed by atoms with van der Waals surface area (Å²) in [6, 6.07) is 1.91. The Labute approximate surface area is 66.8 Å². The van der Waals surface area contributed by atoms with Gasteiger partial charge in [-0.05, 0) is 13.1 Å². The third kappa shape index (κ3) is 2.23. The van der Waals surface area contributed by atoms with Gasteiger partial charge in [0.05, 0.1) is 6.20 Å². The number of likely N-dealkylation sites (N-methyl/N-ethyl adjacent to an activating group) is 2. The normalized spacial score (nSPS) is 10.0. The van der Waals surface area contributed by atoms with Gasteiger partial charge in [0.25, 0.3) is 0 Å². The van der Waals surface area contributed by atoms with Crippen LogP contribution in [0.2, 0.25) is 0 Å². The minimum Gasteiger partial charge on any atom is -0.318 e. The number of nitrogens with zero attached hydrogens (tertiary/aromatic N) is 3. The summed E-state index contributed by atoms with van der Waals surface area (Å²) in [6.45, 7) is 1.93. The molecule has 0 saturated heterocycles. The van der Waals surface area contributed by atoms with Crippen LogP contribution in [0.1, 0.15) is 0 Å². The molecule has 0 aromatic carbocycles. The van der Waals surface area contributed by atoms with Gasteiger partial charge in [-0.3, -0.25) is 5.01 Å². The molecule has 1 heterocycles. The Morgan fingerprint density at radius 3 is 3.00 bits per heavy atom. The van der Waals surface area contributed by atoms with Gasteiger partial charge < -0.3 is 5.32 Å². The highest BCUT2D eigenvalue weighted by molar-refractivity contribution is 4.85. The van der Waals surface area contributed by atoms with E-state index < -0.39 is 0 Å². The van der Waals surface area contributed by atoms with Crippen molar-refractivity contribution < 1.29 is 0 Å². The van der Waals surface area contributed by atoms with E-state index in [2.05, 4.69) is 10.4 Å². The van der Waals surface area contributed by atoms with Crippen molar-refractivity contribution in [3.63, 3.8) is 0 Å². The first-order valence-electron chi connectivity index (χ1n) is 3.70. The minimum absolute atomic E-state index is 0.957. The molecule has 0 unspecified atom stereocenters. The summed E-state index contributed by atoms with van der Waals surface area (Å²) in [6.07, 6.45) is 3.70. The molecule has 0 spiro atoms. The third-order valence-corrected chi connectivity index (χ3v) is 1.53. The maximum Gasteiger partial charge on any atom is 0.0510 e. The second-order valence-corrected chi connectivity index (χ2v) is 2.41. The molecule has 0 aliphatic heterocycles. The molecule has 0 amide bonds. The predicted molar refractivity (Wildman–Crippen MR) is 45.2 cm³/mol. The zero-order chi connectivity index (χ0) is 8.10. The summed E-state index contributed by atoms with van der Waals surface area (Å²) in [5, 5.41) is 9.20. The quantitative estimate of drug-likeness (QED) is 0.644. The van der Waals surface area contributed by atoms with E-state index in [1.165, 1.54) is 0 Å². The van der Waals surface area contributed by atoms with Crippen LogP contribution in [0.25, 0.3) is 0 Å². The molecule has 0 bridgehead atoms. The zero-order valence-corrected chi connectivity index (χ0v) is 6.99. The predicted octanol–water partition coefficient (Wildman–Crippen LogP) is -0.330. The molecule has 1 aromatic rings. The van der Waals surface area contributed by atoms with Crippen LogP contribution in [0.4, 0.5) is 0 Å². The molecule has 62 valence electrons. The van der Waals surface area contributed by atoms with Gasteiger partial charge >= 0.3 is 0 Å². The summed E-state index contributed by atoms with van der Waals surface area (Å²) in [5.74, 6) is 0. The van der Waals surface area contributed by atoms with E-state index in [-0.39, 0.29) is 0 Å². The van der Waals surface area contributed by atoms with Crippen molar-refractivity contribution in [2.45, 2.75) is 0 Å². The van der Waals surface area contributed by atoms with Crippen molar-refractivity contribution in [2.24, 2.45) is 0 Å². The highest BCUT2D eigenvalue weighted by Crippen LogP contribution is 1.84. The lowest BCUT2D eigenvalue weighted by Gasteiger charge is -2.18. The van der Waals surface area contributed by atoms with E-state index >= 15 is 0 Å². The average molecular weight is 154 g/mol. The van der Waals surface area contributed by atoms with Crippen molar-refractivity contribution in [3.8, 4) is 0 Å². The van der Waals surface area contributed by atoms with Crippen LogP contribution in [0, 0.1) is 0 Å². The lowest BCUT2D eigenvalue weighted by atomic mass is 10.6. The van der Waals surface area contributed by atoms with E-state index in [4.69, 9.17) is 0 Å². The topological polar surface area (TPSA) is 33.1 Å². The Morgan fingerprint density at radius 1 is 1.64 bits per heavy atom. The van der Waals surface area contributed by atoms with E-state index in [1.54, 1.807) is 6.20 Å². The molecule has 0 saturated carbocycles. The maximum absolute atomic E-state index is 4.08. The van der Waals surface area contributed by atoms with Crippen molar-refractivity contribution in [1.29, 1.82) is 0 Å². The fraction of sp³-hybridized carbons (Fsp3) is 0.571. The van der Waals surface area contributed by atoms with Gasteiger partial charge in [-0.25, -0.2) is 0 Å². The lowest BCUT2D eigenvalue weighted by molar-refractivity contribution is 0.568. The Hall–Kier alpha value is -1.03. The van der Waals surface area contributed by atoms with Gasteiger partial charge in [0.15, 0.2) is 0 Å². The number of aromatic nitrogens is 2. The highest BCUT2D eigenvalue weighted by atomic mass is 15.6. The molecule has 11 heavy (non-hydrogen) atoms. The molecule has 4 nitrogen and oxygen atoms in total. The number of hydrogen-bond acceptors (Lipinski definition) is 3. The summed E-state index contributed by atoms with van der Waals surface area (Å²) >= 11 is 0. The fourth-order valence-electron chi connectivity index (χ4n) is 0.839. The van der Waals surface area contributed by atoms with Gasteiger partial charge in [-0.15, -0.1) is 0 Å². The third-order valence-electron chi connectivity index (χ3n) is 1.53. The Bertz CT molecular complexity index is 182. The van der Waals surface area contributed by atoms with Crippen LogP contribution in [0.15, 0.2) is 18.5 Å². The maximum atomic E-state index is 4.08. The van der Waals surface area contributed by atoms with Crippen LogP contribution in [-0.2, 0) is 0 Å². The molecule has 1 N–H and O–H groups in total. The van der Waals surface area contributed by atoms with Gasteiger partial charge in [-0.2, -0.15) is 9.89 Å². The molecule has 0 fully saturated rings. The van der Waals surface area contributed by atoms with Crippen molar-refractivity contribution in [2.75, 3.05) is 32.2 Å². The van der Waals surface area contributed by atoms with E-state index in [0.717, 1.165) is 13.1 Å². The van der Waals surface area contributed by atoms with Crippen molar-refractivity contribution >= 4 is 0 Å². The van der Waals surface area contributed by atoms with E-state index in [9.17, 15) is 0 Å². The molecule has 0 atom stereocenters. The summed E-state index contributed by atoms with van der Waals surface area (Å²) in [4.78, 5) is 1.82. The summed E-state index contributed by atoms with van der Waals surface area (Å²) in [7, 11) is 3.95. The van der Waals surface area contributed by atoms with Gasteiger partial charge in [0.1, 0.15) is 0 Å². The molecule has 0 aliphatic rings. The van der Waals surface area contributed by atoms with Crippen LogP contribution >= 0.6 is 0 Å². The van der Waals surface area contributed by atoms with Crippen LogP contribution in [0.5, 0.6) is 0 Å². The first-order chi connectivity index (χ1) is 5.34. The number of rotatable bonds is 4. The molecule has 0 aliphatic carbocycles. The zero-order valence-electron chi connectivity index (χ0n) is 6.99. The van der Waals surface area contributed by atoms with Gasteiger partial charge in [0.2, 0.25) is 0 Å². The fourth-order valence-corrected chi connectivity index (χ4v) is 0.839. The van der Waals surface area contributed by atoms with E-state index in [1.807, 2.05) is 36.2 Å². The molecule has 4 heteroatoms.